The molecule has 14 heavy (non-hydrogen) atoms. The van der Waals surface area contributed by atoms with Crippen molar-refractivity contribution in [2.45, 2.75) is 13.0 Å². The first-order valence-electron chi connectivity index (χ1n) is 4.22. The molecular weight excluding hydrogens is 184 g/mol. The average Bonchev–Trinajstić information content (AvgIpc) is 2.18. The molecular formula is C9H12N2O3. The maximum Gasteiger partial charge on any atom is 0.326 e. The monoisotopic (exact) mass is 196 g/mol. The second kappa shape index (κ2) is 4.57. The first kappa shape index (κ1) is 10.5. The Labute approximate surface area is 81.5 Å². The van der Waals surface area contributed by atoms with E-state index in [0.29, 0.717) is 18.1 Å². The number of pyridine rings is 1. The van der Waals surface area contributed by atoms with Gasteiger partial charge in [0.1, 0.15) is 11.8 Å². The largest absolute Gasteiger partial charge is 0.492 e. The van der Waals surface area contributed by atoms with Crippen LogP contribution in [0.3, 0.4) is 0 Å². The molecule has 5 nitrogen and oxygen atoms in total. The maximum atomic E-state index is 10.5. The highest BCUT2D eigenvalue weighted by Crippen LogP contribution is 2.12. The van der Waals surface area contributed by atoms with Crippen LogP contribution in [0.2, 0.25) is 0 Å². The van der Waals surface area contributed by atoms with Gasteiger partial charge < -0.3 is 15.6 Å². The summed E-state index contributed by atoms with van der Waals surface area (Å²) in [4.78, 5) is 14.4. The zero-order valence-corrected chi connectivity index (χ0v) is 7.80. The van der Waals surface area contributed by atoms with E-state index in [-0.39, 0.29) is 0 Å². The molecule has 0 aromatic carbocycles. The summed E-state index contributed by atoms with van der Waals surface area (Å²) in [6, 6.07) is 2.11. The molecule has 1 unspecified atom stereocenters. The van der Waals surface area contributed by atoms with Gasteiger partial charge in [-0.25, -0.2) is 0 Å². The number of aromatic nitrogens is 1. The number of rotatable bonds is 4. The van der Waals surface area contributed by atoms with Gasteiger partial charge in [-0.3, -0.25) is 9.78 Å². The molecule has 0 fully saturated rings. The van der Waals surface area contributed by atoms with Crippen molar-refractivity contribution in [3.05, 3.63) is 24.0 Å². The summed E-state index contributed by atoms with van der Waals surface area (Å²) in [7, 11) is 0. The van der Waals surface area contributed by atoms with Gasteiger partial charge in [0.05, 0.1) is 18.5 Å². The molecule has 1 aromatic rings. The van der Waals surface area contributed by atoms with Gasteiger partial charge in [0.2, 0.25) is 0 Å². The number of nitrogens with zero attached hydrogens (tertiary/aromatic N) is 1. The van der Waals surface area contributed by atoms with Gasteiger partial charge in [-0.05, 0) is 19.1 Å². The first-order valence-corrected chi connectivity index (χ1v) is 4.22. The van der Waals surface area contributed by atoms with Crippen LogP contribution in [0.4, 0.5) is 0 Å². The molecule has 1 rings (SSSR count). The smallest absolute Gasteiger partial charge is 0.326 e. The minimum Gasteiger partial charge on any atom is -0.492 e. The molecule has 1 heterocycles. The minimum absolute atomic E-state index is 0.320. The molecule has 0 amide bonds. The van der Waals surface area contributed by atoms with E-state index in [1.54, 1.807) is 12.1 Å². The molecule has 0 spiro atoms. The molecule has 0 bridgehead atoms. The van der Waals surface area contributed by atoms with Crippen molar-refractivity contribution in [2.75, 3.05) is 6.61 Å². The summed E-state index contributed by atoms with van der Waals surface area (Å²) in [5.41, 5.74) is 5.68. The second-order valence-corrected chi connectivity index (χ2v) is 2.67. The Kier molecular flexibility index (Phi) is 3.41. The maximum absolute atomic E-state index is 10.5. The van der Waals surface area contributed by atoms with E-state index in [9.17, 15) is 4.79 Å². The first-order chi connectivity index (χ1) is 6.65. The Balaban J connectivity index is 2.77. The summed E-state index contributed by atoms with van der Waals surface area (Å²) in [6.07, 6.45) is 1.46. The quantitative estimate of drug-likeness (QED) is 0.735. The standard InChI is InChI=1S/C9H12N2O3/c1-2-14-6-3-4-7(11-5-6)8(10)9(12)13/h3-5,8H,2,10H2,1H3,(H,12,13). The van der Waals surface area contributed by atoms with Gasteiger partial charge >= 0.3 is 5.97 Å². The van der Waals surface area contributed by atoms with E-state index in [0.717, 1.165) is 0 Å². The average molecular weight is 196 g/mol. The van der Waals surface area contributed by atoms with Gasteiger partial charge in [0.25, 0.3) is 0 Å². The number of carboxylic acids is 1. The molecule has 0 saturated carbocycles. The number of aliphatic carboxylic acids is 1. The molecule has 1 aromatic heterocycles. The lowest BCUT2D eigenvalue weighted by molar-refractivity contribution is -0.138. The van der Waals surface area contributed by atoms with E-state index in [1.165, 1.54) is 6.20 Å². The van der Waals surface area contributed by atoms with Gasteiger partial charge in [-0.15, -0.1) is 0 Å². The highest BCUT2D eigenvalue weighted by Gasteiger charge is 2.15. The third-order valence-electron chi connectivity index (χ3n) is 1.65. The SMILES string of the molecule is CCOc1ccc(C(N)C(=O)O)nc1. The van der Waals surface area contributed by atoms with Crippen LogP contribution in [0.5, 0.6) is 5.75 Å². The molecule has 5 heteroatoms. The van der Waals surface area contributed by atoms with Crippen LogP contribution in [0, 0.1) is 0 Å². The summed E-state index contributed by atoms with van der Waals surface area (Å²) >= 11 is 0. The molecule has 76 valence electrons. The summed E-state index contributed by atoms with van der Waals surface area (Å²) < 4.78 is 5.15. The fraction of sp³-hybridized carbons (Fsp3) is 0.333. The lowest BCUT2D eigenvalue weighted by Gasteiger charge is -2.06. The Morgan fingerprint density at radius 2 is 2.43 bits per heavy atom. The number of hydrogen-bond donors (Lipinski definition) is 2. The lowest BCUT2D eigenvalue weighted by atomic mass is 10.2. The predicted molar refractivity (Wildman–Crippen MR) is 50.0 cm³/mol. The van der Waals surface area contributed by atoms with Crippen LogP contribution < -0.4 is 10.5 Å². The Morgan fingerprint density at radius 1 is 1.71 bits per heavy atom. The van der Waals surface area contributed by atoms with Crippen molar-refractivity contribution >= 4 is 5.97 Å². The van der Waals surface area contributed by atoms with Crippen molar-refractivity contribution in [2.24, 2.45) is 5.73 Å². The van der Waals surface area contributed by atoms with Crippen molar-refractivity contribution in [3.8, 4) is 5.75 Å². The molecule has 1 atom stereocenters. The predicted octanol–water partition coefficient (Wildman–Crippen LogP) is 0.565. The summed E-state index contributed by atoms with van der Waals surface area (Å²) in [6.45, 7) is 2.41. The zero-order valence-electron chi connectivity index (χ0n) is 7.80. The Hall–Kier alpha value is -1.62. The fourth-order valence-corrected chi connectivity index (χ4v) is 0.954. The minimum atomic E-state index is -1.10. The van der Waals surface area contributed by atoms with Crippen LogP contribution in [-0.2, 0) is 4.79 Å². The van der Waals surface area contributed by atoms with Crippen molar-refractivity contribution in [1.82, 2.24) is 4.98 Å². The summed E-state index contributed by atoms with van der Waals surface area (Å²) in [5.74, 6) is -0.490. The third-order valence-corrected chi connectivity index (χ3v) is 1.65. The fourth-order valence-electron chi connectivity index (χ4n) is 0.954. The van der Waals surface area contributed by atoms with Crippen LogP contribution in [0.1, 0.15) is 18.7 Å². The number of carboxylic acid groups (broad SMARTS) is 1. The normalized spacial score (nSPS) is 12.1. The molecule has 0 aliphatic heterocycles. The van der Waals surface area contributed by atoms with Crippen molar-refractivity contribution < 1.29 is 14.6 Å². The number of nitrogens with two attached hydrogens (primary N) is 1. The Bertz CT molecular complexity index is 310. The summed E-state index contributed by atoms with van der Waals surface area (Å²) in [5, 5.41) is 8.61. The van der Waals surface area contributed by atoms with Gasteiger partial charge in [0, 0.05) is 0 Å². The van der Waals surface area contributed by atoms with Crippen LogP contribution in [-0.4, -0.2) is 22.7 Å². The van der Waals surface area contributed by atoms with E-state index < -0.39 is 12.0 Å². The van der Waals surface area contributed by atoms with E-state index in [4.69, 9.17) is 15.6 Å². The third kappa shape index (κ3) is 2.43. The Morgan fingerprint density at radius 3 is 2.86 bits per heavy atom. The number of hydrogen-bond acceptors (Lipinski definition) is 4. The van der Waals surface area contributed by atoms with E-state index in [1.807, 2.05) is 6.92 Å². The second-order valence-electron chi connectivity index (χ2n) is 2.67. The van der Waals surface area contributed by atoms with Crippen LogP contribution in [0.25, 0.3) is 0 Å². The lowest BCUT2D eigenvalue weighted by Crippen LogP contribution is -2.21. The highest BCUT2D eigenvalue weighted by atomic mass is 16.5. The van der Waals surface area contributed by atoms with Crippen LogP contribution in [0.15, 0.2) is 18.3 Å². The van der Waals surface area contributed by atoms with Crippen LogP contribution >= 0.6 is 0 Å². The van der Waals surface area contributed by atoms with Gasteiger partial charge in [-0.2, -0.15) is 0 Å². The topological polar surface area (TPSA) is 85.4 Å². The highest BCUT2D eigenvalue weighted by molar-refractivity contribution is 5.74. The zero-order chi connectivity index (χ0) is 10.6. The molecule has 0 saturated heterocycles. The number of carbonyl (C=O) groups is 1. The molecule has 3 N–H and O–H groups in total. The van der Waals surface area contributed by atoms with Crippen molar-refractivity contribution in [1.29, 1.82) is 0 Å². The molecule has 0 radical (unpaired) electrons. The van der Waals surface area contributed by atoms with E-state index >= 15 is 0 Å². The van der Waals surface area contributed by atoms with Gasteiger partial charge in [-0.1, -0.05) is 0 Å². The van der Waals surface area contributed by atoms with Crippen molar-refractivity contribution in [3.63, 3.8) is 0 Å². The molecule has 0 aliphatic carbocycles. The molecule has 0 aliphatic rings. The van der Waals surface area contributed by atoms with Gasteiger partial charge in [0.15, 0.2) is 0 Å². The van der Waals surface area contributed by atoms with E-state index in [2.05, 4.69) is 4.98 Å². The number of ether oxygens (including phenoxy) is 1.